The van der Waals surface area contributed by atoms with Gasteiger partial charge in [0.05, 0.1) is 31.9 Å². The van der Waals surface area contributed by atoms with Crippen LogP contribution in [0.1, 0.15) is 25.1 Å². The summed E-state index contributed by atoms with van der Waals surface area (Å²) in [6, 6.07) is 7.32. The summed E-state index contributed by atoms with van der Waals surface area (Å²) in [5, 5.41) is 19.5. The zero-order valence-corrected chi connectivity index (χ0v) is 14.6. The highest BCUT2D eigenvalue weighted by atomic mass is 16.5. The van der Waals surface area contributed by atoms with Crippen LogP contribution in [0.15, 0.2) is 24.3 Å². The first kappa shape index (κ1) is 18.0. The number of benzene rings is 1. The molecule has 1 atom stereocenters. The molecule has 2 aromatic rings. The summed E-state index contributed by atoms with van der Waals surface area (Å²) < 4.78 is 5.17. The molecule has 2 rings (SSSR count). The van der Waals surface area contributed by atoms with E-state index in [0.717, 1.165) is 28.3 Å². The number of aromatic nitrogens is 2. The number of nitrogens with one attached hydrogen (secondary N) is 2. The lowest BCUT2D eigenvalue weighted by Crippen LogP contribution is -2.41. The molecule has 0 aliphatic rings. The molecule has 6 nitrogen and oxygen atoms in total. The molecule has 24 heavy (non-hydrogen) atoms. The largest absolute Gasteiger partial charge is 0.497 e. The van der Waals surface area contributed by atoms with Crippen molar-refractivity contribution < 1.29 is 14.6 Å². The second-order valence-electron chi connectivity index (χ2n) is 6.18. The van der Waals surface area contributed by atoms with Gasteiger partial charge in [-0.2, -0.15) is 5.10 Å². The maximum Gasteiger partial charge on any atom is 0.224 e. The molecule has 0 saturated carbocycles. The van der Waals surface area contributed by atoms with Crippen molar-refractivity contribution in [1.82, 2.24) is 15.5 Å². The number of ether oxygens (including phenoxy) is 1. The molecule has 1 aromatic heterocycles. The molecular formula is C18H25N3O3. The topological polar surface area (TPSA) is 87.2 Å². The molecule has 0 spiro atoms. The predicted octanol–water partition coefficient (Wildman–Crippen LogP) is 2.07. The fourth-order valence-electron chi connectivity index (χ4n) is 2.50. The Morgan fingerprint density at radius 3 is 2.54 bits per heavy atom. The molecule has 0 bridgehead atoms. The van der Waals surface area contributed by atoms with Gasteiger partial charge in [-0.1, -0.05) is 13.8 Å². The number of hydrogen-bond acceptors (Lipinski definition) is 4. The van der Waals surface area contributed by atoms with Gasteiger partial charge < -0.3 is 15.2 Å². The van der Waals surface area contributed by atoms with Crippen LogP contribution in [0.4, 0.5) is 0 Å². The molecule has 1 amide bonds. The van der Waals surface area contributed by atoms with Crippen molar-refractivity contribution in [3.8, 4) is 17.0 Å². The summed E-state index contributed by atoms with van der Waals surface area (Å²) in [6.07, 6.45) is 0.215. The highest BCUT2D eigenvalue weighted by Gasteiger charge is 2.19. The van der Waals surface area contributed by atoms with Crippen LogP contribution in [-0.2, 0) is 11.2 Å². The second kappa shape index (κ2) is 7.97. The van der Waals surface area contributed by atoms with E-state index in [1.807, 2.05) is 45.0 Å². The predicted molar refractivity (Wildman–Crippen MR) is 92.9 cm³/mol. The second-order valence-corrected chi connectivity index (χ2v) is 6.18. The summed E-state index contributed by atoms with van der Waals surface area (Å²) in [4.78, 5) is 12.3. The molecule has 0 saturated heterocycles. The zero-order valence-electron chi connectivity index (χ0n) is 14.6. The number of carbonyl (C=O) groups excluding carboxylic acids is 1. The molecule has 1 aromatic carbocycles. The summed E-state index contributed by atoms with van der Waals surface area (Å²) in [5.74, 6) is 0.820. The molecule has 0 radical (unpaired) electrons. The van der Waals surface area contributed by atoms with E-state index in [1.54, 1.807) is 7.11 Å². The van der Waals surface area contributed by atoms with Crippen LogP contribution in [0.2, 0.25) is 0 Å². The van der Waals surface area contributed by atoms with Gasteiger partial charge in [-0.3, -0.25) is 9.89 Å². The number of aromatic amines is 1. The molecule has 1 heterocycles. The Morgan fingerprint density at radius 1 is 1.33 bits per heavy atom. The van der Waals surface area contributed by atoms with Gasteiger partial charge in [-0.25, -0.2) is 0 Å². The zero-order chi connectivity index (χ0) is 17.7. The molecule has 0 fully saturated rings. The van der Waals surface area contributed by atoms with Gasteiger partial charge in [-0.05, 0) is 37.1 Å². The van der Waals surface area contributed by atoms with Crippen molar-refractivity contribution in [2.45, 2.75) is 33.2 Å². The highest BCUT2D eigenvalue weighted by molar-refractivity contribution is 5.82. The quantitative estimate of drug-likeness (QED) is 0.725. The van der Waals surface area contributed by atoms with E-state index < -0.39 is 0 Å². The SMILES string of the molecule is COc1ccc(-c2n[nH]c(C)c2CC(=O)N[C@@H](CO)C(C)C)cc1. The monoisotopic (exact) mass is 331 g/mol. The maximum atomic E-state index is 12.3. The smallest absolute Gasteiger partial charge is 0.224 e. The summed E-state index contributed by atoms with van der Waals surface area (Å²) in [6.45, 7) is 5.76. The first-order valence-corrected chi connectivity index (χ1v) is 8.04. The molecule has 6 heteroatoms. The number of rotatable bonds is 7. The first-order valence-electron chi connectivity index (χ1n) is 8.04. The van der Waals surface area contributed by atoms with Crippen molar-refractivity contribution in [1.29, 1.82) is 0 Å². The molecule has 3 N–H and O–H groups in total. The Kier molecular flexibility index (Phi) is 5.98. The van der Waals surface area contributed by atoms with E-state index in [4.69, 9.17) is 4.74 Å². The lowest BCUT2D eigenvalue weighted by molar-refractivity contribution is -0.121. The summed E-state index contributed by atoms with van der Waals surface area (Å²) in [7, 11) is 1.62. The van der Waals surface area contributed by atoms with Gasteiger partial charge in [0, 0.05) is 16.8 Å². The number of nitrogens with zero attached hydrogens (tertiary/aromatic N) is 1. The number of hydrogen-bond donors (Lipinski definition) is 3. The van der Waals surface area contributed by atoms with Crippen molar-refractivity contribution >= 4 is 5.91 Å². The lowest BCUT2D eigenvalue weighted by atomic mass is 10.0. The minimum Gasteiger partial charge on any atom is -0.497 e. The van der Waals surface area contributed by atoms with E-state index in [1.165, 1.54) is 0 Å². The van der Waals surface area contributed by atoms with Crippen LogP contribution >= 0.6 is 0 Å². The summed E-state index contributed by atoms with van der Waals surface area (Å²) in [5.41, 5.74) is 3.40. The fourth-order valence-corrected chi connectivity index (χ4v) is 2.50. The third-order valence-electron chi connectivity index (χ3n) is 4.12. The van der Waals surface area contributed by atoms with Crippen molar-refractivity contribution in [3.05, 3.63) is 35.5 Å². The Balaban J connectivity index is 2.18. The van der Waals surface area contributed by atoms with Crippen LogP contribution in [0, 0.1) is 12.8 Å². The minimum atomic E-state index is -0.242. The van der Waals surface area contributed by atoms with E-state index in [-0.39, 0.29) is 30.9 Å². The number of H-pyrrole nitrogens is 1. The van der Waals surface area contributed by atoms with Gasteiger partial charge in [-0.15, -0.1) is 0 Å². The van der Waals surface area contributed by atoms with E-state index in [0.29, 0.717) is 0 Å². The third kappa shape index (κ3) is 4.14. The molecular weight excluding hydrogens is 306 g/mol. The number of aliphatic hydroxyl groups excluding tert-OH is 1. The van der Waals surface area contributed by atoms with E-state index in [9.17, 15) is 9.90 Å². The standard InChI is InChI=1S/C18H25N3O3/c1-11(2)16(10-22)19-17(23)9-15-12(3)20-21-18(15)13-5-7-14(24-4)8-6-13/h5-8,11,16,22H,9-10H2,1-4H3,(H,19,23)(H,20,21)/t16-/m0/s1. The number of aliphatic hydroxyl groups is 1. The van der Waals surface area contributed by atoms with Gasteiger partial charge >= 0.3 is 0 Å². The van der Waals surface area contributed by atoms with Gasteiger partial charge in [0.15, 0.2) is 0 Å². The molecule has 0 unspecified atom stereocenters. The average Bonchev–Trinajstić information content (AvgIpc) is 2.93. The Labute approximate surface area is 142 Å². The van der Waals surface area contributed by atoms with Crippen LogP contribution in [0.25, 0.3) is 11.3 Å². The Morgan fingerprint density at radius 2 is 2.00 bits per heavy atom. The normalized spacial score (nSPS) is 12.2. The fraction of sp³-hybridized carbons (Fsp3) is 0.444. The Hall–Kier alpha value is -2.34. The van der Waals surface area contributed by atoms with Crippen LogP contribution < -0.4 is 10.1 Å². The molecule has 130 valence electrons. The molecule has 0 aliphatic carbocycles. The summed E-state index contributed by atoms with van der Waals surface area (Å²) >= 11 is 0. The lowest BCUT2D eigenvalue weighted by Gasteiger charge is -2.20. The number of amides is 1. The number of aryl methyl sites for hydroxylation is 1. The van der Waals surface area contributed by atoms with Crippen molar-refractivity contribution in [2.75, 3.05) is 13.7 Å². The van der Waals surface area contributed by atoms with Gasteiger partial charge in [0.25, 0.3) is 0 Å². The highest BCUT2D eigenvalue weighted by Crippen LogP contribution is 2.26. The Bertz CT molecular complexity index is 677. The van der Waals surface area contributed by atoms with E-state index in [2.05, 4.69) is 15.5 Å². The van der Waals surface area contributed by atoms with E-state index >= 15 is 0 Å². The molecule has 0 aliphatic heterocycles. The van der Waals surface area contributed by atoms with Gasteiger partial charge in [0.2, 0.25) is 5.91 Å². The van der Waals surface area contributed by atoms with Crippen LogP contribution in [0.3, 0.4) is 0 Å². The first-order chi connectivity index (χ1) is 11.5. The van der Waals surface area contributed by atoms with Crippen LogP contribution in [-0.4, -0.2) is 41.0 Å². The number of methoxy groups -OCH3 is 1. The van der Waals surface area contributed by atoms with Crippen LogP contribution in [0.5, 0.6) is 5.75 Å². The van der Waals surface area contributed by atoms with Gasteiger partial charge in [0.1, 0.15) is 5.75 Å². The third-order valence-corrected chi connectivity index (χ3v) is 4.12. The van der Waals surface area contributed by atoms with Crippen molar-refractivity contribution in [3.63, 3.8) is 0 Å². The average molecular weight is 331 g/mol. The minimum absolute atomic E-state index is 0.0703. The maximum absolute atomic E-state index is 12.3. The van der Waals surface area contributed by atoms with Crippen molar-refractivity contribution in [2.24, 2.45) is 5.92 Å². The number of carbonyl (C=O) groups is 1.